The van der Waals surface area contributed by atoms with Crippen LogP contribution < -0.4 is 0 Å². The van der Waals surface area contributed by atoms with Gasteiger partial charge in [0.05, 0.1) is 11.6 Å². The molecular formula is C9H12NP. The van der Waals surface area contributed by atoms with Gasteiger partial charge in [-0.05, 0) is 26.0 Å². The van der Waals surface area contributed by atoms with Gasteiger partial charge in [-0.25, -0.2) is 0 Å². The predicted octanol–water partition coefficient (Wildman–Crippen LogP) is 2.79. The number of hydrogen-bond acceptors (Lipinski definition) is 1. The fraction of sp³-hybridized carbons (Fsp3) is 0.222. The highest BCUT2D eigenvalue weighted by atomic mass is 31.0. The van der Waals surface area contributed by atoms with Crippen molar-refractivity contribution in [2.24, 2.45) is 0 Å². The molecule has 1 nitrogen and oxygen atoms in total. The molecule has 0 spiro atoms. The Hall–Kier alpha value is -0.860. The maximum absolute atomic E-state index is 8.56. The number of nitriles is 1. The maximum atomic E-state index is 8.56. The molecule has 0 aliphatic rings. The fourth-order valence-electron chi connectivity index (χ4n) is 0.490. The molecule has 2 heteroatoms. The SMILES string of the molecule is CC(C)=C/C=C(C#N)\C=C\P. The Balaban J connectivity index is 4.40. The van der Waals surface area contributed by atoms with E-state index in [0.29, 0.717) is 5.57 Å². The number of nitrogens with zero attached hydrogens (tertiary/aromatic N) is 1. The quantitative estimate of drug-likeness (QED) is 0.350. The van der Waals surface area contributed by atoms with Crippen molar-refractivity contribution >= 4 is 9.24 Å². The molecule has 0 fully saturated rings. The van der Waals surface area contributed by atoms with Crippen LogP contribution in [0.4, 0.5) is 0 Å². The Labute approximate surface area is 70.3 Å². The smallest absolute Gasteiger partial charge is 0.0991 e. The lowest BCUT2D eigenvalue weighted by molar-refractivity contribution is 1.39. The summed E-state index contributed by atoms with van der Waals surface area (Å²) in [4.78, 5) is 0. The van der Waals surface area contributed by atoms with E-state index in [2.05, 4.69) is 15.3 Å². The third-order valence-corrected chi connectivity index (χ3v) is 1.19. The zero-order valence-corrected chi connectivity index (χ0v) is 7.99. The van der Waals surface area contributed by atoms with Crippen LogP contribution in [-0.2, 0) is 0 Å². The molecule has 0 N–H and O–H groups in total. The summed E-state index contributed by atoms with van der Waals surface area (Å²) in [6.07, 6.45) is 5.48. The normalized spacial score (nSPS) is 11.3. The van der Waals surface area contributed by atoms with Crippen LogP contribution in [0.5, 0.6) is 0 Å². The molecule has 1 unspecified atom stereocenters. The van der Waals surface area contributed by atoms with Crippen molar-refractivity contribution < 1.29 is 0 Å². The predicted molar refractivity (Wildman–Crippen MR) is 52.0 cm³/mol. The Morgan fingerprint density at radius 2 is 2.00 bits per heavy atom. The highest BCUT2D eigenvalue weighted by Gasteiger charge is 1.83. The molecule has 0 amide bonds. The summed E-state index contributed by atoms with van der Waals surface area (Å²) in [6.45, 7) is 3.99. The average Bonchev–Trinajstić information content (AvgIpc) is 1.97. The summed E-state index contributed by atoms with van der Waals surface area (Å²) >= 11 is 0. The van der Waals surface area contributed by atoms with Crippen molar-refractivity contribution in [1.82, 2.24) is 0 Å². The molecule has 0 saturated carbocycles. The summed E-state index contributed by atoms with van der Waals surface area (Å²) in [5.74, 6) is 1.77. The van der Waals surface area contributed by atoms with E-state index >= 15 is 0 Å². The molecular weight excluding hydrogens is 153 g/mol. The van der Waals surface area contributed by atoms with E-state index in [9.17, 15) is 0 Å². The van der Waals surface area contributed by atoms with Crippen LogP contribution in [0, 0.1) is 11.3 Å². The molecule has 0 bridgehead atoms. The second-order valence-corrected chi connectivity index (χ2v) is 2.72. The van der Waals surface area contributed by atoms with Gasteiger partial charge in [0, 0.05) is 0 Å². The molecule has 0 aliphatic carbocycles. The third kappa shape index (κ3) is 5.58. The summed E-state index contributed by atoms with van der Waals surface area (Å²) in [7, 11) is 2.43. The maximum Gasteiger partial charge on any atom is 0.0991 e. The zero-order valence-electron chi connectivity index (χ0n) is 6.83. The first-order chi connectivity index (χ1) is 5.20. The number of allylic oxidation sites excluding steroid dienone is 5. The molecule has 1 atom stereocenters. The van der Waals surface area contributed by atoms with Crippen molar-refractivity contribution in [2.75, 3.05) is 0 Å². The molecule has 0 aromatic rings. The standard InChI is InChI=1S/C9H12NP/c1-8(2)3-4-9(7-10)5-6-11/h3-6H,11H2,1-2H3/b6-5+,9-4+. The molecule has 0 aliphatic heterocycles. The third-order valence-electron chi connectivity index (χ3n) is 1.00. The monoisotopic (exact) mass is 165 g/mol. The van der Waals surface area contributed by atoms with Gasteiger partial charge in [0.15, 0.2) is 0 Å². The van der Waals surface area contributed by atoms with Crippen molar-refractivity contribution in [1.29, 1.82) is 5.26 Å². The molecule has 0 heterocycles. The summed E-state index contributed by atoms with van der Waals surface area (Å²) in [6, 6.07) is 2.07. The largest absolute Gasteiger partial charge is 0.192 e. The van der Waals surface area contributed by atoms with Crippen LogP contribution in [-0.4, -0.2) is 0 Å². The van der Waals surface area contributed by atoms with Crippen molar-refractivity contribution in [3.8, 4) is 6.07 Å². The summed E-state index contributed by atoms with van der Waals surface area (Å²) in [5.41, 5.74) is 1.86. The van der Waals surface area contributed by atoms with Gasteiger partial charge in [-0.2, -0.15) is 5.26 Å². The van der Waals surface area contributed by atoms with Crippen LogP contribution in [0.3, 0.4) is 0 Å². The van der Waals surface area contributed by atoms with Crippen LogP contribution in [0.25, 0.3) is 0 Å². The summed E-state index contributed by atoms with van der Waals surface area (Å²) in [5, 5.41) is 8.56. The van der Waals surface area contributed by atoms with E-state index < -0.39 is 0 Å². The van der Waals surface area contributed by atoms with E-state index in [4.69, 9.17) is 5.26 Å². The first-order valence-corrected chi connectivity index (χ1v) is 4.01. The second kappa shape index (κ2) is 5.89. The molecule has 58 valence electrons. The average molecular weight is 165 g/mol. The Morgan fingerprint density at radius 1 is 1.36 bits per heavy atom. The number of rotatable bonds is 2. The number of hydrogen-bond donors (Lipinski definition) is 0. The van der Waals surface area contributed by atoms with Gasteiger partial charge in [-0.1, -0.05) is 17.5 Å². The second-order valence-electron chi connectivity index (χ2n) is 2.34. The van der Waals surface area contributed by atoms with Gasteiger partial charge < -0.3 is 0 Å². The van der Waals surface area contributed by atoms with Gasteiger partial charge in [0.1, 0.15) is 0 Å². The van der Waals surface area contributed by atoms with E-state index in [1.54, 1.807) is 18.0 Å². The molecule has 0 saturated heterocycles. The van der Waals surface area contributed by atoms with E-state index in [1.807, 2.05) is 19.9 Å². The van der Waals surface area contributed by atoms with Crippen molar-refractivity contribution in [2.45, 2.75) is 13.8 Å². The van der Waals surface area contributed by atoms with E-state index in [0.717, 1.165) is 0 Å². The van der Waals surface area contributed by atoms with Crippen LogP contribution in [0.2, 0.25) is 0 Å². The van der Waals surface area contributed by atoms with E-state index in [1.165, 1.54) is 5.57 Å². The zero-order chi connectivity index (χ0) is 8.69. The molecule has 0 rings (SSSR count). The van der Waals surface area contributed by atoms with Gasteiger partial charge in [0.25, 0.3) is 0 Å². The topological polar surface area (TPSA) is 23.8 Å². The Bertz CT molecular complexity index is 237. The highest BCUT2D eigenvalue weighted by molar-refractivity contribution is 7.20. The minimum atomic E-state index is 0.668. The highest BCUT2D eigenvalue weighted by Crippen LogP contribution is 1.99. The minimum absolute atomic E-state index is 0.668. The molecule has 0 aromatic heterocycles. The Morgan fingerprint density at radius 3 is 2.36 bits per heavy atom. The lowest BCUT2D eigenvalue weighted by Crippen LogP contribution is -1.69. The molecule has 0 aromatic carbocycles. The van der Waals surface area contributed by atoms with Gasteiger partial charge in [0.2, 0.25) is 0 Å². The van der Waals surface area contributed by atoms with E-state index in [-0.39, 0.29) is 0 Å². The van der Waals surface area contributed by atoms with Crippen LogP contribution in [0.15, 0.2) is 35.2 Å². The fourth-order valence-corrected chi connectivity index (χ4v) is 0.698. The Kier molecular flexibility index (Phi) is 5.43. The molecule has 0 radical (unpaired) electrons. The van der Waals surface area contributed by atoms with Gasteiger partial charge in [-0.15, -0.1) is 9.24 Å². The first-order valence-electron chi connectivity index (χ1n) is 3.34. The first kappa shape index (κ1) is 10.1. The summed E-state index contributed by atoms with van der Waals surface area (Å²) < 4.78 is 0. The van der Waals surface area contributed by atoms with Crippen LogP contribution in [0.1, 0.15) is 13.8 Å². The van der Waals surface area contributed by atoms with Gasteiger partial charge in [-0.3, -0.25) is 0 Å². The molecule has 11 heavy (non-hydrogen) atoms. The van der Waals surface area contributed by atoms with Crippen molar-refractivity contribution in [3.05, 3.63) is 35.2 Å². The lowest BCUT2D eigenvalue weighted by atomic mass is 10.2. The van der Waals surface area contributed by atoms with Gasteiger partial charge >= 0.3 is 0 Å². The lowest BCUT2D eigenvalue weighted by Gasteiger charge is -1.85. The minimum Gasteiger partial charge on any atom is -0.192 e. The van der Waals surface area contributed by atoms with Crippen molar-refractivity contribution in [3.63, 3.8) is 0 Å². The van der Waals surface area contributed by atoms with Crippen LogP contribution >= 0.6 is 9.24 Å².